The summed E-state index contributed by atoms with van der Waals surface area (Å²) in [4.78, 5) is 3.92. The number of nitrogens with zero attached hydrogens (tertiary/aromatic N) is 1. The van der Waals surface area contributed by atoms with Crippen LogP contribution in [0.25, 0.3) is 0 Å². The van der Waals surface area contributed by atoms with Gasteiger partial charge in [0.1, 0.15) is 6.10 Å². The molecule has 2 atom stereocenters. The number of ether oxygens (including phenoxy) is 1. The summed E-state index contributed by atoms with van der Waals surface area (Å²) in [7, 11) is 3.15. The summed E-state index contributed by atoms with van der Waals surface area (Å²) in [6.45, 7) is 0.285. The SMILES string of the molecule is CNCC(O)C(O)c1cnc(OC)c(N)c1. The molecule has 5 N–H and O–H groups in total. The Morgan fingerprint density at radius 1 is 1.56 bits per heavy atom. The maximum atomic E-state index is 9.78. The van der Waals surface area contributed by atoms with Crippen molar-refractivity contribution >= 4 is 5.69 Å². The van der Waals surface area contributed by atoms with Crippen molar-refractivity contribution in [1.82, 2.24) is 10.3 Å². The number of hydrogen-bond donors (Lipinski definition) is 4. The first-order valence-electron chi connectivity index (χ1n) is 4.90. The average molecular weight is 227 g/mol. The van der Waals surface area contributed by atoms with Crippen molar-refractivity contribution in [3.8, 4) is 5.88 Å². The number of rotatable bonds is 5. The van der Waals surface area contributed by atoms with E-state index in [1.165, 1.54) is 19.4 Å². The van der Waals surface area contributed by atoms with E-state index in [1.54, 1.807) is 7.05 Å². The van der Waals surface area contributed by atoms with Gasteiger partial charge in [0.25, 0.3) is 0 Å². The maximum absolute atomic E-state index is 9.78. The van der Waals surface area contributed by atoms with Crippen LogP contribution in [0.5, 0.6) is 5.88 Å². The normalized spacial score (nSPS) is 14.5. The zero-order valence-electron chi connectivity index (χ0n) is 9.34. The predicted octanol–water partition coefficient (Wildman–Crippen LogP) is -0.714. The van der Waals surface area contributed by atoms with Crippen LogP contribution in [0.2, 0.25) is 0 Å². The number of aliphatic hydroxyl groups is 2. The van der Waals surface area contributed by atoms with Crippen LogP contribution in [0.4, 0.5) is 5.69 Å². The molecule has 0 fully saturated rings. The molecule has 90 valence electrons. The number of aliphatic hydroxyl groups excluding tert-OH is 2. The van der Waals surface area contributed by atoms with Crippen LogP contribution >= 0.6 is 0 Å². The molecule has 16 heavy (non-hydrogen) atoms. The average Bonchev–Trinajstić information content (AvgIpc) is 2.28. The van der Waals surface area contributed by atoms with Crippen molar-refractivity contribution in [3.05, 3.63) is 17.8 Å². The van der Waals surface area contributed by atoms with Crippen LogP contribution in [0.1, 0.15) is 11.7 Å². The molecule has 1 heterocycles. The van der Waals surface area contributed by atoms with Crippen molar-refractivity contribution < 1.29 is 14.9 Å². The van der Waals surface area contributed by atoms with Gasteiger partial charge in [-0.1, -0.05) is 0 Å². The quantitative estimate of drug-likeness (QED) is 0.530. The fourth-order valence-corrected chi connectivity index (χ4v) is 1.36. The number of aromatic nitrogens is 1. The summed E-state index contributed by atoms with van der Waals surface area (Å²) >= 11 is 0. The second-order valence-electron chi connectivity index (χ2n) is 3.44. The van der Waals surface area contributed by atoms with Crippen LogP contribution in [-0.4, -0.2) is 42.0 Å². The van der Waals surface area contributed by atoms with Crippen molar-refractivity contribution in [2.75, 3.05) is 26.4 Å². The van der Waals surface area contributed by atoms with Crippen LogP contribution in [-0.2, 0) is 0 Å². The first-order valence-corrected chi connectivity index (χ1v) is 4.90. The van der Waals surface area contributed by atoms with Crippen molar-refractivity contribution in [2.45, 2.75) is 12.2 Å². The van der Waals surface area contributed by atoms with Gasteiger partial charge < -0.3 is 26.0 Å². The molecule has 0 radical (unpaired) electrons. The standard InChI is InChI=1S/C10H17N3O3/c1-12-5-8(14)9(15)6-3-7(11)10(16-2)13-4-6/h3-4,8-9,12,14-15H,5,11H2,1-2H3. The highest BCUT2D eigenvalue weighted by Crippen LogP contribution is 2.23. The highest BCUT2D eigenvalue weighted by molar-refractivity contribution is 5.49. The van der Waals surface area contributed by atoms with Gasteiger partial charge in [-0.3, -0.25) is 0 Å². The molecule has 0 aliphatic heterocycles. The molecular weight excluding hydrogens is 210 g/mol. The number of hydrogen-bond acceptors (Lipinski definition) is 6. The van der Waals surface area contributed by atoms with E-state index in [0.717, 1.165) is 0 Å². The predicted molar refractivity (Wildman–Crippen MR) is 60.1 cm³/mol. The Hall–Kier alpha value is -1.37. The molecule has 0 aliphatic rings. The van der Waals surface area contributed by atoms with E-state index in [-0.39, 0.29) is 6.54 Å². The van der Waals surface area contributed by atoms with Gasteiger partial charge in [-0.05, 0) is 13.1 Å². The number of nitrogens with two attached hydrogens (primary N) is 1. The minimum Gasteiger partial charge on any atom is -0.480 e. The van der Waals surface area contributed by atoms with E-state index in [9.17, 15) is 10.2 Å². The largest absolute Gasteiger partial charge is 0.480 e. The Morgan fingerprint density at radius 3 is 2.75 bits per heavy atom. The molecule has 0 aromatic carbocycles. The van der Waals surface area contributed by atoms with E-state index in [1.807, 2.05) is 0 Å². The zero-order valence-corrected chi connectivity index (χ0v) is 9.34. The fraction of sp³-hybridized carbons (Fsp3) is 0.500. The molecule has 0 bridgehead atoms. The molecule has 6 heteroatoms. The number of pyridine rings is 1. The monoisotopic (exact) mass is 227 g/mol. The third kappa shape index (κ3) is 2.82. The molecule has 0 saturated carbocycles. The number of likely N-dealkylation sites (N-methyl/N-ethyl adjacent to an activating group) is 1. The van der Waals surface area contributed by atoms with Crippen LogP contribution < -0.4 is 15.8 Å². The molecule has 2 unspecified atom stereocenters. The summed E-state index contributed by atoms with van der Waals surface area (Å²) in [6.07, 6.45) is -0.494. The third-order valence-electron chi connectivity index (χ3n) is 2.21. The Balaban J connectivity index is 2.84. The minimum absolute atomic E-state index is 0.285. The molecular formula is C10H17N3O3. The Kier molecular flexibility index (Phi) is 4.48. The summed E-state index contributed by atoms with van der Waals surface area (Å²) in [5.74, 6) is 0.305. The van der Waals surface area contributed by atoms with Crippen LogP contribution in [0, 0.1) is 0 Å². The molecule has 1 aromatic rings. The summed E-state index contributed by atoms with van der Waals surface area (Å²) in [5, 5.41) is 22.1. The van der Waals surface area contributed by atoms with Gasteiger partial charge in [-0.15, -0.1) is 0 Å². The van der Waals surface area contributed by atoms with Gasteiger partial charge in [0.2, 0.25) is 5.88 Å². The number of methoxy groups -OCH3 is 1. The first kappa shape index (κ1) is 12.7. The molecule has 0 spiro atoms. The van der Waals surface area contributed by atoms with E-state index in [2.05, 4.69) is 10.3 Å². The van der Waals surface area contributed by atoms with Gasteiger partial charge in [0.05, 0.1) is 18.9 Å². The van der Waals surface area contributed by atoms with Gasteiger partial charge in [-0.25, -0.2) is 4.98 Å². The van der Waals surface area contributed by atoms with E-state index >= 15 is 0 Å². The Bertz CT molecular complexity index is 346. The second kappa shape index (κ2) is 5.64. The lowest BCUT2D eigenvalue weighted by atomic mass is 10.1. The van der Waals surface area contributed by atoms with Crippen LogP contribution in [0.15, 0.2) is 12.3 Å². The van der Waals surface area contributed by atoms with E-state index < -0.39 is 12.2 Å². The molecule has 0 saturated heterocycles. The summed E-state index contributed by atoms with van der Waals surface area (Å²) in [6, 6.07) is 1.54. The first-order chi connectivity index (χ1) is 7.60. The molecule has 0 amide bonds. The number of nitrogen functional groups attached to an aromatic ring is 1. The summed E-state index contributed by atoms with van der Waals surface area (Å²) < 4.78 is 4.90. The van der Waals surface area contributed by atoms with E-state index in [0.29, 0.717) is 17.1 Å². The number of anilines is 1. The van der Waals surface area contributed by atoms with Gasteiger partial charge in [0.15, 0.2) is 0 Å². The van der Waals surface area contributed by atoms with Gasteiger partial charge in [0, 0.05) is 18.3 Å². The topological polar surface area (TPSA) is 101 Å². The highest BCUT2D eigenvalue weighted by Gasteiger charge is 2.18. The van der Waals surface area contributed by atoms with Crippen LogP contribution in [0.3, 0.4) is 0 Å². The lowest BCUT2D eigenvalue weighted by Gasteiger charge is -2.18. The third-order valence-corrected chi connectivity index (χ3v) is 2.21. The molecule has 1 aromatic heterocycles. The Labute approximate surface area is 94.1 Å². The number of nitrogens with one attached hydrogen (secondary N) is 1. The maximum Gasteiger partial charge on any atom is 0.236 e. The van der Waals surface area contributed by atoms with Gasteiger partial charge >= 0.3 is 0 Å². The summed E-state index contributed by atoms with van der Waals surface area (Å²) in [5.41, 5.74) is 6.44. The zero-order chi connectivity index (χ0) is 12.1. The lowest BCUT2D eigenvalue weighted by molar-refractivity contribution is 0.0200. The van der Waals surface area contributed by atoms with E-state index in [4.69, 9.17) is 10.5 Å². The highest BCUT2D eigenvalue weighted by atomic mass is 16.5. The second-order valence-corrected chi connectivity index (χ2v) is 3.44. The van der Waals surface area contributed by atoms with Crippen molar-refractivity contribution in [2.24, 2.45) is 0 Å². The fourth-order valence-electron chi connectivity index (χ4n) is 1.36. The molecule has 1 rings (SSSR count). The van der Waals surface area contributed by atoms with Gasteiger partial charge in [-0.2, -0.15) is 0 Å². The van der Waals surface area contributed by atoms with Crippen molar-refractivity contribution in [3.63, 3.8) is 0 Å². The molecule has 6 nitrogen and oxygen atoms in total. The lowest BCUT2D eigenvalue weighted by Crippen LogP contribution is -2.29. The Morgan fingerprint density at radius 2 is 2.25 bits per heavy atom. The minimum atomic E-state index is -1.02. The smallest absolute Gasteiger partial charge is 0.236 e. The molecule has 0 aliphatic carbocycles. The van der Waals surface area contributed by atoms with Crippen molar-refractivity contribution in [1.29, 1.82) is 0 Å².